The van der Waals surface area contributed by atoms with E-state index in [2.05, 4.69) is 0 Å². The number of hydrogen-bond acceptors (Lipinski definition) is 2. The van der Waals surface area contributed by atoms with E-state index in [0.717, 1.165) is 0 Å². The van der Waals surface area contributed by atoms with Crippen molar-refractivity contribution in [3.8, 4) is 0 Å². The molecule has 0 aliphatic carbocycles. The summed E-state index contributed by atoms with van der Waals surface area (Å²) in [6.45, 7) is 4.02. The van der Waals surface area contributed by atoms with Gasteiger partial charge in [-0.15, -0.1) is 0 Å². The molecule has 0 saturated heterocycles. The third-order valence-corrected chi connectivity index (χ3v) is 3.01. The van der Waals surface area contributed by atoms with E-state index < -0.39 is 29.0 Å². The SMILES string of the molecule is CC(C)N(CCCN)C(=O)c1cc(C(F)(F)F)ccc1F. The molecular formula is C14H18F4N2O. The van der Waals surface area contributed by atoms with Crippen molar-refractivity contribution in [2.75, 3.05) is 13.1 Å². The lowest BCUT2D eigenvalue weighted by Gasteiger charge is -2.27. The van der Waals surface area contributed by atoms with Gasteiger partial charge < -0.3 is 10.6 Å². The first-order valence-corrected chi connectivity index (χ1v) is 6.56. The molecule has 0 aliphatic rings. The van der Waals surface area contributed by atoms with Crippen LogP contribution in [0.15, 0.2) is 18.2 Å². The Morgan fingerprint density at radius 1 is 1.33 bits per heavy atom. The second kappa shape index (κ2) is 6.89. The van der Waals surface area contributed by atoms with Crippen LogP contribution in [0.4, 0.5) is 17.6 Å². The van der Waals surface area contributed by atoms with Gasteiger partial charge in [-0.25, -0.2) is 4.39 Å². The van der Waals surface area contributed by atoms with E-state index >= 15 is 0 Å². The highest BCUT2D eigenvalue weighted by Gasteiger charge is 2.32. The number of halogens is 4. The molecular weight excluding hydrogens is 288 g/mol. The summed E-state index contributed by atoms with van der Waals surface area (Å²) in [4.78, 5) is 13.6. The molecule has 7 heteroatoms. The summed E-state index contributed by atoms with van der Waals surface area (Å²) in [7, 11) is 0. The minimum absolute atomic E-state index is 0.266. The first kappa shape index (κ1) is 17.4. The van der Waals surface area contributed by atoms with Crippen LogP contribution < -0.4 is 5.73 Å². The van der Waals surface area contributed by atoms with E-state index in [0.29, 0.717) is 31.2 Å². The summed E-state index contributed by atoms with van der Waals surface area (Å²) >= 11 is 0. The van der Waals surface area contributed by atoms with Crippen LogP contribution in [-0.2, 0) is 6.18 Å². The van der Waals surface area contributed by atoms with E-state index in [-0.39, 0.29) is 12.6 Å². The van der Waals surface area contributed by atoms with Gasteiger partial charge in [0, 0.05) is 12.6 Å². The van der Waals surface area contributed by atoms with Gasteiger partial charge in [0.15, 0.2) is 0 Å². The first-order valence-electron chi connectivity index (χ1n) is 6.56. The zero-order valence-electron chi connectivity index (χ0n) is 11.9. The van der Waals surface area contributed by atoms with Crippen molar-refractivity contribution in [2.24, 2.45) is 5.73 Å². The maximum atomic E-state index is 13.7. The Balaban J connectivity index is 3.15. The Bertz CT molecular complexity index is 500. The lowest BCUT2D eigenvalue weighted by molar-refractivity contribution is -0.137. The van der Waals surface area contributed by atoms with E-state index in [9.17, 15) is 22.4 Å². The monoisotopic (exact) mass is 306 g/mol. The topological polar surface area (TPSA) is 46.3 Å². The molecule has 0 unspecified atom stereocenters. The largest absolute Gasteiger partial charge is 0.416 e. The molecule has 0 heterocycles. The predicted molar refractivity (Wildman–Crippen MR) is 71.2 cm³/mol. The number of nitrogens with two attached hydrogens (primary N) is 1. The Hall–Kier alpha value is -1.63. The summed E-state index contributed by atoms with van der Waals surface area (Å²) in [6, 6.07) is 1.57. The Morgan fingerprint density at radius 3 is 2.43 bits per heavy atom. The second-order valence-electron chi connectivity index (χ2n) is 4.93. The molecule has 1 rings (SSSR count). The van der Waals surface area contributed by atoms with Crippen LogP contribution in [0.1, 0.15) is 36.2 Å². The highest BCUT2D eigenvalue weighted by atomic mass is 19.4. The summed E-state index contributed by atoms with van der Waals surface area (Å²) < 4.78 is 51.7. The lowest BCUT2D eigenvalue weighted by Crippen LogP contribution is -2.39. The average molecular weight is 306 g/mol. The molecule has 0 fully saturated rings. The summed E-state index contributed by atoms with van der Waals surface area (Å²) in [5, 5.41) is 0. The van der Waals surface area contributed by atoms with Crippen LogP contribution in [0.2, 0.25) is 0 Å². The molecule has 0 spiro atoms. The third kappa shape index (κ3) is 4.42. The Kier molecular flexibility index (Phi) is 5.71. The molecule has 0 aliphatic heterocycles. The molecule has 0 aromatic heterocycles. The zero-order chi connectivity index (χ0) is 16.2. The number of benzene rings is 1. The predicted octanol–water partition coefficient (Wildman–Crippen LogP) is 3.04. The fourth-order valence-electron chi connectivity index (χ4n) is 1.88. The lowest BCUT2D eigenvalue weighted by atomic mass is 10.1. The van der Waals surface area contributed by atoms with Gasteiger partial charge in [0.25, 0.3) is 5.91 Å². The average Bonchev–Trinajstić information content (AvgIpc) is 2.37. The molecule has 1 aromatic carbocycles. The van der Waals surface area contributed by atoms with Crippen LogP contribution in [0.25, 0.3) is 0 Å². The molecule has 21 heavy (non-hydrogen) atoms. The van der Waals surface area contributed by atoms with Gasteiger partial charge in [-0.2, -0.15) is 13.2 Å². The summed E-state index contributed by atoms with van der Waals surface area (Å²) in [6.07, 6.45) is -4.13. The fraction of sp³-hybridized carbons (Fsp3) is 0.500. The van der Waals surface area contributed by atoms with Gasteiger partial charge in [-0.1, -0.05) is 0 Å². The third-order valence-electron chi connectivity index (χ3n) is 3.01. The van der Waals surface area contributed by atoms with E-state index in [1.54, 1.807) is 13.8 Å². The number of alkyl halides is 3. The fourth-order valence-corrected chi connectivity index (χ4v) is 1.88. The normalized spacial score (nSPS) is 11.8. The second-order valence-corrected chi connectivity index (χ2v) is 4.93. The number of carbonyl (C=O) groups excluding carboxylic acids is 1. The summed E-state index contributed by atoms with van der Waals surface area (Å²) in [5.41, 5.74) is 3.75. The van der Waals surface area contributed by atoms with Crippen molar-refractivity contribution in [2.45, 2.75) is 32.5 Å². The Labute approximate surface area is 120 Å². The maximum Gasteiger partial charge on any atom is 0.416 e. The van der Waals surface area contributed by atoms with Crippen LogP contribution in [0, 0.1) is 5.82 Å². The molecule has 0 radical (unpaired) electrons. The van der Waals surface area contributed by atoms with Gasteiger partial charge in [-0.05, 0) is 45.0 Å². The number of nitrogens with zero attached hydrogens (tertiary/aromatic N) is 1. The zero-order valence-corrected chi connectivity index (χ0v) is 11.9. The molecule has 3 nitrogen and oxygen atoms in total. The highest BCUT2D eigenvalue weighted by Crippen LogP contribution is 2.30. The van der Waals surface area contributed by atoms with E-state index in [1.807, 2.05) is 0 Å². The summed E-state index contributed by atoms with van der Waals surface area (Å²) in [5.74, 6) is -1.73. The minimum atomic E-state index is -4.62. The molecule has 1 aromatic rings. The minimum Gasteiger partial charge on any atom is -0.336 e. The number of amides is 1. The van der Waals surface area contributed by atoms with Crippen LogP contribution >= 0.6 is 0 Å². The van der Waals surface area contributed by atoms with Gasteiger partial charge in [0.2, 0.25) is 0 Å². The molecule has 1 amide bonds. The smallest absolute Gasteiger partial charge is 0.336 e. The van der Waals surface area contributed by atoms with Gasteiger partial charge >= 0.3 is 6.18 Å². The molecule has 0 atom stereocenters. The number of rotatable bonds is 5. The van der Waals surface area contributed by atoms with Gasteiger partial charge in [0.1, 0.15) is 5.82 Å². The first-order chi connectivity index (χ1) is 9.68. The van der Waals surface area contributed by atoms with Crippen molar-refractivity contribution in [1.82, 2.24) is 4.90 Å². The van der Waals surface area contributed by atoms with E-state index in [4.69, 9.17) is 5.73 Å². The quantitative estimate of drug-likeness (QED) is 0.850. The maximum absolute atomic E-state index is 13.7. The van der Waals surface area contributed by atoms with Gasteiger partial charge in [0.05, 0.1) is 11.1 Å². The molecule has 2 N–H and O–H groups in total. The highest BCUT2D eigenvalue weighted by molar-refractivity contribution is 5.95. The standard InChI is InChI=1S/C14H18F4N2O/c1-9(2)20(7-3-6-19)13(21)11-8-10(14(16,17)18)4-5-12(11)15/h4-5,8-9H,3,6-7,19H2,1-2H3. The molecule has 0 bridgehead atoms. The van der Waals surface area contributed by atoms with Crippen LogP contribution in [-0.4, -0.2) is 29.9 Å². The van der Waals surface area contributed by atoms with Gasteiger partial charge in [-0.3, -0.25) is 4.79 Å². The van der Waals surface area contributed by atoms with Crippen molar-refractivity contribution in [1.29, 1.82) is 0 Å². The van der Waals surface area contributed by atoms with Crippen molar-refractivity contribution in [3.05, 3.63) is 35.1 Å². The van der Waals surface area contributed by atoms with Crippen LogP contribution in [0.5, 0.6) is 0 Å². The van der Waals surface area contributed by atoms with Crippen molar-refractivity contribution < 1.29 is 22.4 Å². The van der Waals surface area contributed by atoms with E-state index in [1.165, 1.54) is 4.90 Å². The Morgan fingerprint density at radius 2 is 1.95 bits per heavy atom. The van der Waals surface area contributed by atoms with Crippen molar-refractivity contribution in [3.63, 3.8) is 0 Å². The molecule has 0 saturated carbocycles. The number of hydrogen-bond donors (Lipinski definition) is 1. The molecule has 118 valence electrons. The number of carbonyl (C=O) groups is 1. The van der Waals surface area contributed by atoms with Crippen LogP contribution in [0.3, 0.4) is 0 Å². The van der Waals surface area contributed by atoms with Crippen molar-refractivity contribution >= 4 is 5.91 Å².